The van der Waals surface area contributed by atoms with E-state index in [0.29, 0.717) is 24.8 Å². The van der Waals surface area contributed by atoms with E-state index in [0.717, 1.165) is 12.8 Å². The Bertz CT molecular complexity index is 543. The Kier molecular flexibility index (Phi) is 4.96. The lowest BCUT2D eigenvalue weighted by Gasteiger charge is -2.32. The number of halogens is 1. The maximum Gasteiger partial charge on any atom is 0.410 e. The fraction of sp³-hybridized carbons (Fsp3) is 0.812. The van der Waals surface area contributed by atoms with Crippen LogP contribution in [0.25, 0.3) is 0 Å². The third-order valence-corrected chi connectivity index (χ3v) is 3.87. The van der Waals surface area contributed by atoms with E-state index in [1.165, 1.54) is 0 Å². The van der Waals surface area contributed by atoms with Crippen molar-refractivity contribution in [3.63, 3.8) is 0 Å². The van der Waals surface area contributed by atoms with E-state index in [1.807, 2.05) is 20.8 Å². The molecule has 1 aliphatic rings. The number of carbonyl (C=O) groups excluding carboxylic acids is 1. The summed E-state index contributed by atoms with van der Waals surface area (Å²) in [4.78, 5) is 18.1. The number of hydrogen-bond acceptors (Lipinski definition) is 5. The molecule has 0 unspecified atom stereocenters. The van der Waals surface area contributed by atoms with Crippen LogP contribution in [0.2, 0.25) is 0 Å². The molecule has 0 N–H and O–H groups in total. The molecule has 0 bridgehead atoms. The lowest BCUT2D eigenvalue weighted by Crippen LogP contribution is -2.41. The summed E-state index contributed by atoms with van der Waals surface area (Å²) in [7, 11) is 0. The van der Waals surface area contributed by atoms with Crippen molar-refractivity contribution in [3.8, 4) is 0 Å². The SMILES string of the molecule is CC(C)(C)OC(=O)N1CCC(c2noc(C(C)(C)CF)n2)CC1. The van der Waals surface area contributed by atoms with Crippen LogP contribution in [0.15, 0.2) is 4.52 Å². The van der Waals surface area contributed by atoms with Crippen molar-refractivity contribution in [3.05, 3.63) is 11.7 Å². The zero-order valence-electron chi connectivity index (χ0n) is 14.6. The molecule has 1 saturated heterocycles. The number of alkyl halides is 1. The molecule has 130 valence electrons. The predicted molar refractivity (Wildman–Crippen MR) is 83.1 cm³/mol. The summed E-state index contributed by atoms with van der Waals surface area (Å²) in [6, 6.07) is 0. The van der Waals surface area contributed by atoms with E-state index in [4.69, 9.17) is 9.26 Å². The smallest absolute Gasteiger partial charge is 0.410 e. The van der Waals surface area contributed by atoms with Crippen molar-refractivity contribution in [2.24, 2.45) is 0 Å². The number of carbonyl (C=O) groups is 1. The van der Waals surface area contributed by atoms with Crippen molar-refractivity contribution < 1.29 is 18.4 Å². The molecule has 2 heterocycles. The van der Waals surface area contributed by atoms with Crippen LogP contribution >= 0.6 is 0 Å². The van der Waals surface area contributed by atoms with Crippen LogP contribution in [-0.2, 0) is 10.2 Å². The molecule has 1 aromatic rings. The summed E-state index contributed by atoms with van der Waals surface area (Å²) in [5, 5.41) is 4.00. The Morgan fingerprint density at radius 2 is 1.91 bits per heavy atom. The number of rotatable bonds is 3. The average molecular weight is 327 g/mol. The summed E-state index contributed by atoms with van der Waals surface area (Å²) in [6.45, 7) is 9.66. The fourth-order valence-electron chi connectivity index (χ4n) is 2.38. The first-order chi connectivity index (χ1) is 10.6. The largest absolute Gasteiger partial charge is 0.444 e. The number of nitrogens with zero attached hydrogens (tertiary/aromatic N) is 3. The maximum atomic E-state index is 13.0. The quantitative estimate of drug-likeness (QED) is 0.851. The second-order valence-corrected chi connectivity index (χ2v) is 7.72. The van der Waals surface area contributed by atoms with Gasteiger partial charge in [-0.25, -0.2) is 9.18 Å². The fourth-order valence-corrected chi connectivity index (χ4v) is 2.38. The summed E-state index contributed by atoms with van der Waals surface area (Å²) >= 11 is 0. The molecule has 0 radical (unpaired) electrons. The maximum absolute atomic E-state index is 13.0. The zero-order chi connectivity index (χ0) is 17.3. The Labute approximate surface area is 136 Å². The highest BCUT2D eigenvalue weighted by Gasteiger charge is 2.32. The molecule has 1 amide bonds. The van der Waals surface area contributed by atoms with E-state index < -0.39 is 17.7 Å². The summed E-state index contributed by atoms with van der Waals surface area (Å²) in [5.41, 5.74) is -1.25. The molecule has 0 aromatic carbocycles. The zero-order valence-corrected chi connectivity index (χ0v) is 14.6. The number of likely N-dealkylation sites (tertiary alicyclic amines) is 1. The first-order valence-corrected chi connectivity index (χ1v) is 8.00. The standard InChI is InChI=1S/C16H26FN3O3/c1-15(2,3)22-14(21)20-8-6-11(7-9-20)12-18-13(23-19-12)16(4,5)10-17/h11H,6-10H2,1-5H3. The van der Waals surface area contributed by atoms with Gasteiger partial charge < -0.3 is 14.2 Å². The first kappa shape index (κ1) is 17.7. The summed E-state index contributed by atoms with van der Waals surface area (Å²) in [6.07, 6.45) is 1.20. The first-order valence-electron chi connectivity index (χ1n) is 8.00. The van der Waals surface area contributed by atoms with Crippen LogP contribution in [0, 0.1) is 0 Å². The second-order valence-electron chi connectivity index (χ2n) is 7.72. The van der Waals surface area contributed by atoms with Crippen LogP contribution in [0.1, 0.15) is 65.1 Å². The van der Waals surface area contributed by atoms with Crippen molar-refractivity contribution in [1.82, 2.24) is 15.0 Å². The van der Waals surface area contributed by atoms with Gasteiger partial charge in [-0.1, -0.05) is 5.16 Å². The minimum Gasteiger partial charge on any atom is -0.444 e. The lowest BCUT2D eigenvalue weighted by molar-refractivity contribution is 0.0203. The predicted octanol–water partition coefficient (Wildman–Crippen LogP) is 3.43. The van der Waals surface area contributed by atoms with Gasteiger partial charge >= 0.3 is 6.09 Å². The Balaban J connectivity index is 1.93. The lowest BCUT2D eigenvalue weighted by atomic mass is 9.94. The van der Waals surface area contributed by atoms with E-state index in [9.17, 15) is 9.18 Å². The number of piperidine rings is 1. The highest BCUT2D eigenvalue weighted by molar-refractivity contribution is 5.68. The van der Waals surface area contributed by atoms with Gasteiger partial charge in [0.15, 0.2) is 5.82 Å². The monoisotopic (exact) mass is 327 g/mol. The van der Waals surface area contributed by atoms with Gasteiger partial charge in [-0.3, -0.25) is 0 Å². The molecule has 0 spiro atoms. The highest BCUT2D eigenvalue weighted by atomic mass is 19.1. The minimum atomic E-state index is -0.761. The van der Waals surface area contributed by atoms with Gasteiger partial charge in [0.2, 0.25) is 5.89 Å². The van der Waals surface area contributed by atoms with Crippen LogP contribution in [0.3, 0.4) is 0 Å². The van der Waals surface area contributed by atoms with Gasteiger partial charge in [0, 0.05) is 19.0 Å². The van der Waals surface area contributed by atoms with Crippen LogP contribution < -0.4 is 0 Å². The van der Waals surface area contributed by atoms with Gasteiger partial charge in [0.05, 0.1) is 5.41 Å². The van der Waals surface area contributed by atoms with Crippen molar-refractivity contribution in [2.75, 3.05) is 19.8 Å². The molecule has 7 heteroatoms. The van der Waals surface area contributed by atoms with Crippen LogP contribution in [-0.4, -0.2) is 46.5 Å². The van der Waals surface area contributed by atoms with Crippen molar-refractivity contribution in [1.29, 1.82) is 0 Å². The van der Waals surface area contributed by atoms with Gasteiger partial charge in [-0.2, -0.15) is 4.98 Å². The number of aromatic nitrogens is 2. The molecular formula is C16H26FN3O3. The third-order valence-electron chi connectivity index (χ3n) is 3.87. The third kappa shape index (κ3) is 4.42. The molecule has 1 aliphatic heterocycles. The summed E-state index contributed by atoms with van der Waals surface area (Å²) in [5.74, 6) is 1.05. The van der Waals surface area contributed by atoms with Gasteiger partial charge in [-0.15, -0.1) is 0 Å². The Morgan fingerprint density at radius 1 is 1.30 bits per heavy atom. The van der Waals surface area contributed by atoms with Gasteiger partial charge in [0.1, 0.15) is 12.3 Å². The molecular weight excluding hydrogens is 301 g/mol. The molecule has 0 saturated carbocycles. The van der Waals surface area contributed by atoms with Gasteiger partial charge in [-0.05, 0) is 47.5 Å². The normalized spacial score (nSPS) is 17.4. The van der Waals surface area contributed by atoms with E-state index >= 15 is 0 Å². The minimum absolute atomic E-state index is 0.126. The van der Waals surface area contributed by atoms with Crippen LogP contribution in [0.4, 0.5) is 9.18 Å². The van der Waals surface area contributed by atoms with E-state index in [2.05, 4.69) is 10.1 Å². The highest BCUT2D eigenvalue weighted by Crippen LogP contribution is 2.29. The molecule has 1 aromatic heterocycles. The van der Waals surface area contributed by atoms with Crippen molar-refractivity contribution in [2.45, 2.75) is 64.4 Å². The average Bonchev–Trinajstić information content (AvgIpc) is 2.96. The molecule has 0 atom stereocenters. The van der Waals surface area contributed by atoms with Crippen molar-refractivity contribution >= 4 is 6.09 Å². The second kappa shape index (κ2) is 6.45. The molecule has 6 nitrogen and oxygen atoms in total. The van der Waals surface area contributed by atoms with Crippen LogP contribution in [0.5, 0.6) is 0 Å². The number of ether oxygens (including phenoxy) is 1. The molecule has 2 rings (SSSR count). The molecule has 23 heavy (non-hydrogen) atoms. The summed E-state index contributed by atoms with van der Waals surface area (Å²) < 4.78 is 23.6. The topological polar surface area (TPSA) is 68.5 Å². The van der Waals surface area contributed by atoms with E-state index in [1.54, 1.807) is 18.7 Å². The van der Waals surface area contributed by atoms with E-state index in [-0.39, 0.29) is 12.0 Å². The number of hydrogen-bond donors (Lipinski definition) is 0. The number of amides is 1. The Morgan fingerprint density at radius 3 is 2.43 bits per heavy atom. The van der Waals surface area contributed by atoms with Gasteiger partial charge in [0.25, 0.3) is 0 Å². The molecule has 0 aliphatic carbocycles. The molecule has 1 fully saturated rings. The Hall–Kier alpha value is -1.66.